The molecule has 0 aromatic heterocycles. The lowest BCUT2D eigenvalue weighted by Crippen LogP contribution is -1.92. The standard InChI is InChI=1S/C3H3Cl3O2S4/c4-2(5)8-1-9-11-12-10-3(6)7/h2H,1H2. The minimum Gasteiger partial charge on any atom is -0.337 e. The van der Waals surface area contributed by atoms with Gasteiger partial charge in [0.25, 0.3) is 4.57 Å². The van der Waals surface area contributed by atoms with Crippen LogP contribution in [0.1, 0.15) is 0 Å². The Hall–Kier alpha value is 1.90. The maximum atomic E-state index is 10.2. The molecule has 0 unspecified atom stereocenters. The zero-order chi connectivity index (χ0) is 9.40. The Labute approximate surface area is 100 Å². The Balaban J connectivity index is 2.96. The lowest BCUT2D eigenvalue weighted by Gasteiger charge is -2.00. The average Bonchev–Trinajstić information content (AvgIpc) is 1.95. The molecule has 0 aromatic rings. The van der Waals surface area contributed by atoms with E-state index in [1.165, 1.54) is 30.4 Å². The van der Waals surface area contributed by atoms with Gasteiger partial charge in [-0.3, -0.25) is 4.79 Å². The highest BCUT2D eigenvalue weighted by molar-refractivity contribution is 9.27. The smallest absolute Gasteiger partial charge is 0.290 e. The van der Waals surface area contributed by atoms with Crippen molar-refractivity contribution < 1.29 is 9.53 Å². The lowest BCUT2D eigenvalue weighted by atomic mass is 11.5. The van der Waals surface area contributed by atoms with Crippen molar-refractivity contribution in [2.24, 2.45) is 0 Å². The average molecular weight is 306 g/mol. The number of rotatable bonds is 6. The molecule has 2 nitrogen and oxygen atoms in total. The van der Waals surface area contributed by atoms with Gasteiger partial charge in [0.15, 0.2) is 0 Å². The van der Waals surface area contributed by atoms with Crippen molar-refractivity contribution in [1.29, 1.82) is 0 Å². The first-order valence-corrected chi connectivity index (χ1v) is 8.58. The summed E-state index contributed by atoms with van der Waals surface area (Å²) in [6.45, 7) is 0. The SMILES string of the molecule is O=C(Cl)SSSSCOC(Cl)Cl. The van der Waals surface area contributed by atoms with E-state index in [1.807, 2.05) is 0 Å². The Bertz CT molecular complexity index is 135. The monoisotopic (exact) mass is 304 g/mol. The number of halogens is 3. The van der Waals surface area contributed by atoms with Crippen LogP contribution in [0, 0.1) is 0 Å². The van der Waals surface area contributed by atoms with Crippen molar-refractivity contribution in [2.75, 3.05) is 5.94 Å². The summed E-state index contributed by atoms with van der Waals surface area (Å²) < 4.78 is 4.34. The molecule has 12 heavy (non-hydrogen) atoms. The van der Waals surface area contributed by atoms with E-state index >= 15 is 0 Å². The van der Waals surface area contributed by atoms with Crippen molar-refractivity contribution in [3.8, 4) is 0 Å². The summed E-state index contributed by atoms with van der Waals surface area (Å²) in [6.07, 6.45) is 0. The Morgan fingerprint density at radius 3 is 2.58 bits per heavy atom. The van der Waals surface area contributed by atoms with Crippen LogP contribution in [0.4, 0.5) is 4.79 Å². The first-order valence-electron chi connectivity index (χ1n) is 2.35. The predicted octanol–water partition coefficient (Wildman–Crippen LogP) is 4.76. The van der Waals surface area contributed by atoms with E-state index in [-0.39, 0.29) is 0 Å². The van der Waals surface area contributed by atoms with E-state index in [1.54, 1.807) is 0 Å². The summed E-state index contributed by atoms with van der Waals surface area (Å²) in [5.74, 6) is 0.367. The minimum atomic E-state index is -0.801. The molecule has 72 valence electrons. The molecular weight excluding hydrogens is 303 g/mol. The first kappa shape index (κ1) is 13.9. The largest absolute Gasteiger partial charge is 0.337 e. The second kappa shape index (κ2) is 9.45. The third-order valence-corrected chi connectivity index (χ3v) is 6.64. The van der Waals surface area contributed by atoms with Crippen LogP contribution < -0.4 is 0 Å². The summed E-state index contributed by atoms with van der Waals surface area (Å²) in [5, 5.41) is -0.801. The molecule has 0 N–H and O–H groups in total. The van der Waals surface area contributed by atoms with Gasteiger partial charge in [0.1, 0.15) is 5.94 Å². The van der Waals surface area contributed by atoms with Crippen molar-refractivity contribution in [3.63, 3.8) is 0 Å². The van der Waals surface area contributed by atoms with Gasteiger partial charge in [-0.25, -0.2) is 0 Å². The first-order chi connectivity index (χ1) is 5.63. The van der Waals surface area contributed by atoms with Crippen molar-refractivity contribution >= 4 is 80.6 Å². The maximum absolute atomic E-state index is 10.2. The highest BCUT2D eigenvalue weighted by atomic mass is 35.5. The molecule has 0 aliphatic rings. The second-order valence-electron chi connectivity index (χ2n) is 1.12. The van der Waals surface area contributed by atoms with Gasteiger partial charge in [0, 0.05) is 10.8 Å². The molecule has 0 aromatic carbocycles. The number of carbonyl (C=O) groups excluding carboxylic acids is 1. The van der Waals surface area contributed by atoms with E-state index in [0.29, 0.717) is 5.94 Å². The Morgan fingerprint density at radius 2 is 2.08 bits per heavy atom. The highest BCUT2D eigenvalue weighted by Crippen LogP contribution is 2.44. The van der Waals surface area contributed by atoms with Crippen molar-refractivity contribution in [1.82, 2.24) is 0 Å². The summed E-state index contributed by atoms with van der Waals surface area (Å²) >= 11 is 15.6. The number of hydrogen-bond acceptors (Lipinski definition) is 6. The molecule has 9 heteroatoms. The summed E-state index contributed by atoms with van der Waals surface area (Å²) in [6, 6.07) is 0. The molecule has 0 saturated heterocycles. The van der Waals surface area contributed by atoms with Gasteiger partial charge < -0.3 is 4.74 Å². The number of ether oxygens (including phenoxy) is 1. The summed E-state index contributed by atoms with van der Waals surface area (Å²) in [7, 11) is 4.97. The number of carbonyl (C=O) groups is 1. The van der Waals surface area contributed by atoms with Gasteiger partial charge in [-0.2, -0.15) is 0 Å². The van der Waals surface area contributed by atoms with E-state index in [9.17, 15) is 4.79 Å². The minimum absolute atomic E-state index is 0.367. The van der Waals surface area contributed by atoms with Crippen LogP contribution in [-0.2, 0) is 4.74 Å². The summed E-state index contributed by atoms with van der Waals surface area (Å²) in [4.78, 5) is 10.2. The van der Waals surface area contributed by atoms with Gasteiger partial charge in [0.2, 0.25) is 5.02 Å². The van der Waals surface area contributed by atoms with Crippen LogP contribution in [0.3, 0.4) is 0 Å². The molecule has 0 heterocycles. The molecule has 0 saturated carbocycles. The fourth-order valence-electron chi connectivity index (χ4n) is 0.159. The molecule has 0 atom stereocenters. The molecule has 0 radical (unpaired) electrons. The van der Waals surface area contributed by atoms with Crippen LogP contribution in [-0.4, -0.2) is 15.5 Å². The van der Waals surface area contributed by atoms with Crippen LogP contribution in [0.25, 0.3) is 0 Å². The highest BCUT2D eigenvalue weighted by Gasteiger charge is 2.00. The normalized spacial score (nSPS) is 10.7. The zero-order valence-corrected chi connectivity index (χ0v) is 10.9. The van der Waals surface area contributed by atoms with Crippen molar-refractivity contribution in [3.05, 3.63) is 0 Å². The fourth-order valence-corrected chi connectivity index (χ4v) is 5.38. The quantitative estimate of drug-likeness (QED) is 0.231. The third kappa shape index (κ3) is 11.9. The van der Waals surface area contributed by atoms with Crippen LogP contribution in [0.15, 0.2) is 0 Å². The molecule has 0 aliphatic carbocycles. The zero-order valence-electron chi connectivity index (χ0n) is 5.37. The van der Waals surface area contributed by atoms with Crippen LogP contribution in [0.2, 0.25) is 0 Å². The second-order valence-corrected chi connectivity index (χ2v) is 8.46. The molecule has 0 spiro atoms. The fraction of sp³-hybridized carbons (Fsp3) is 0.667. The molecule has 0 bridgehead atoms. The molecule has 0 amide bonds. The molecule has 0 fully saturated rings. The van der Waals surface area contributed by atoms with E-state index in [2.05, 4.69) is 0 Å². The Morgan fingerprint density at radius 1 is 1.42 bits per heavy atom. The van der Waals surface area contributed by atoms with E-state index in [0.717, 1.165) is 10.8 Å². The van der Waals surface area contributed by atoms with E-state index in [4.69, 9.17) is 39.5 Å². The van der Waals surface area contributed by atoms with Gasteiger partial charge >= 0.3 is 0 Å². The van der Waals surface area contributed by atoms with Crippen LogP contribution in [0.5, 0.6) is 0 Å². The number of alkyl halides is 2. The van der Waals surface area contributed by atoms with Crippen LogP contribution >= 0.6 is 76.0 Å². The van der Waals surface area contributed by atoms with Gasteiger partial charge in [-0.1, -0.05) is 34.0 Å². The molecular formula is C3H3Cl3O2S4. The van der Waals surface area contributed by atoms with Gasteiger partial charge in [0.05, 0.1) is 0 Å². The van der Waals surface area contributed by atoms with Gasteiger partial charge in [-0.05, 0) is 31.3 Å². The number of hydrogen-bond donors (Lipinski definition) is 0. The Kier molecular flexibility index (Phi) is 11.0. The topological polar surface area (TPSA) is 26.3 Å². The lowest BCUT2D eigenvalue weighted by molar-refractivity contribution is 0.209. The van der Waals surface area contributed by atoms with Gasteiger partial charge in [-0.15, -0.1) is 0 Å². The third-order valence-electron chi connectivity index (χ3n) is 0.418. The molecule has 0 aliphatic heterocycles. The van der Waals surface area contributed by atoms with E-state index < -0.39 is 9.60 Å². The molecule has 0 rings (SSSR count). The van der Waals surface area contributed by atoms with Crippen molar-refractivity contribution in [2.45, 2.75) is 5.02 Å². The maximum Gasteiger partial charge on any atom is 0.290 e. The predicted molar refractivity (Wildman–Crippen MR) is 63.1 cm³/mol. The summed E-state index contributed by atoms with van der Waals surface area (Å²) in [5.41, 5.74) is 0.